The Balaban J connectivity index is 1.47. The monoisotopic (exact) mass is 420 g/mol. The molecule has 0 atom stereocenters. The molecule has 9 heteroatoms. The Hall–Kier alpha value is -2.52. The lowest BCUT2D eigenvalue weighted by Crippen LogP contribution is -2.56. The van der Waals surface area contributed by atoms with Gasteiger partial charge in [-0.2, -0.15) is 4.31 Å². The summed E-state index contributed by atoms with van der Waals surface area (Å²) in [4.78, 5) is 12.4. The normalized spacial score (nSPS) is 17.6. The van der Waals surface area contributed by atoms with Crippen molar-refractivity contribution in [2.75, 3.05) is 27.3 Å². The molecule has 156 valence electrons. The molecule has 2 aromatic rings. The Labute approximate surface area is 169 Å². The highest BCUT2D eigenvalue weighted by molar-refractivity contribution is 7.89. The lowest BCUT2D eigenvalue weighted by Gasteiger charge is -2.38. The molecule has 1 aliphatic heterocycles. The second-order valence-electron chi connectivity index (χ2n) is 7.35. The third-order valence-corrected chi connectivity index (χ3v) is 7.11. The number of nitrogens with zero attached hydrogens (tertiary/aromatic N) is 2. The molecule has 4 rings (SSSR count). The first-order valence-electron chi connectivity index (χ1n) is 9.45. The molecule has 1 saturated heterocycles. The van der Waals surface area contributed by atoms with E-state index in [4.69, 9.17) is 14.2 Å². The van der Waals surface area contributed by atoms with E-state index in [1.165, 1.54) is 30.7 Å². The average Bonchev–Trinajstić information content (AvgIpc) is 3.48. The summed E-state index contributed by atoms with van der Waals surface area (Å²) in [6, 6.07) is 8.28. The number of rotatable bonds is 7. The third kappa shape index (κ3) is 3.72. The number of hydrogen-bond acceptors (Lipinski definition) is 6. The summed E-state index contributed by atoms with van der Waals surface area (Å²) >= 11 is 0. The van der Waals surface area contributed by atoms with Crippen LogP contribution in [0.1, 0.15) is 24.6 Å². The summed E-state index contributed by atoms with van der Waals surface area (Å²) in [5.74, 6) is 1.17. The molecular weight excluding hydrogens is 396 g/mol. The summed E-state index contributed by atoms with van der Waals surface area (Å²) in [6.07, 6.45) is 1.76. The first-order valence-corrected chi connectivity index (χ1v) is 10.9. The molecule has 2 aliphatic rings. The molecule has 8 nitrogen and oxygen atoms in total. The zero-order valence-corrected chi connectivity index (χ0v) is 17.4. The predicted molar refractivity (Wildman–Crippen MR) is 106 cm³/mol. The van der Waals surface area contributed by atoms with E-state index < -0.39 is 10.0 Å². The Morgan fingerprint density at radius 1 is 1.00 bits per heavy atom. The maximum Gasteiger partial charge on any atom is 0.254 e. The van der Waals surface area contributed by atoms with Gasteiger partial charge in [0.25, 0.3) is 5.56 Å². The molecular formula is C20H24N2O6S. The van der Waals surface area contributed by atoms with Crippen LogP contribution in [0.3, 0.4) is 0 Å². The van der Waals surface area contributed by atoms with Crippen molar-refractivity contribution in [1.29, 1.82) is 0 Å². The Morgan fingerprint density at radius 2 is 1.72 bits per heavy atom. The van der Waals surface area contributed by atoms with Gasteiger partial charge in [0, 0.05) is 23.9 Å². The van der Waals surface area contributed by atoms with Gasteiger partial charge in [0.1, 0.15) is 28.2 Å². The number of benzene rings is 1. The van der Waals surface area contributed by atoms with Crippen LogP contribution in [0.15, 0.2) is 40.0 Å². The highest BCUT2D eigenvalue weighted by atomic mass is 32.2. The number of methoxy groups -OCH3 is 2. The zero-order chi connectivity index (χ0) is 20.8. The maximum absolute atomic E-state index is 13.0. The fourth-order valence-electron chi connectivity index (χ4n) is 3.54. The number of pyridine rings is 1. The second kappa shape index (κ2) is 7.38. The minimum absolute atomic E-state index is 0.0562. The van der Waals surface area contributed by atoms with Crippen LogP contribution in [0.4, 0.5) is 0 Å². The molecule has 2 fully saturated rings. The Morgan fingerprint density at radius 3 is 2.31 bits per heavy atom. The number of aryl methyl sites for hydroxylation is 1. The highest BCUT2D eigenvalue weighted by Crippen LogP contribution is 2.35. The first-order chi connectivity index (χ1) is 13.8. The van der Waals surface area contributed by atoms with Crippen LogP contribution < -0.4 is 19.8 Å². The standard InChI is InChI=1S/C20H24N2O6S/c1-13-8-16(10-20(23)22(13)14-4-5-14)28-17-11-21(12-17)29(24,25)19-9-15(26-2)6-7-18(19)27-3/h6-10,14,17H,4-5,11-12H2,1-3H3. The molecule has 0 amide bonds. The van der Waals surface area contributed by atoms with Crippen LogP contribution in [-0.2, 0) is 10.0 Å². The van der Waals surface area contributed by atoms with E-state index in [0.717, 1.165) is 18.5 Å². The van der Waals surface area contributed by atoms with E-state index in [1.807, 2.05) is 13.0 Å². The molecule has 0 bridgehead atoms. The Bertz CT molecular complexity index is 1080. The van der Waals surface area contributed by atoms with Crippen LogP contribution >= 0.6 is 0 Å². The quantitative estimate of drug-likeness (QED) is 0.681. The van der Waals surface area contributed by atoms with Crippen molar-refractivity contribution in [2.24, 2.45) is 0 Å². The van der Waals surface area contributed by atoms with Gasteiger partial charge < -0.3 is 18.8 Å². The number of hydrogen-bond donors (Lipinski definition) is 0. The van der Waals surface area contributed by atoms with E-state index >= 15 is 0 Å². The number of sulfonamides is 1. The molecule has 1 saturated carbocycles. The maximum atomic E-state index is 13.0. The van der Waals surface area contributed by atoms with Gasteiger partial charge in [-0.05, 0) is 38.0 Å². The fourth-order valence-corrected chi connectivity index (χ4v) is 5.21. The van der Waals surface area contributed by atoms with Crippen molar-refractivity contribution in [3.63, 3.8) is 0 Å². The van der Waals surface area contributed by atoms with Crippen LogP contribution in [0.5, 0.6) is 17.2 Å². The summed E-state index contributed by atoms with van der Waals surface area (Å²) < 4.78 is 45.3. The third-order valence-electron chi connectivity index (χ3n) is 5.25. The minimum Gasteiger partial charge on any atom is -0.497 e. The number of aromatic nitrogens is 1. The lowest BCUT2D eigenvalue weighted by molar-refractivity contribution is 0.0757. The lowest BCUT2D eigenvalue weighted by atomic mass is 10.2. The minimum atomic E-state index is -3.75. The molecule has 0 spiro atoms. The first kappa shape index (κ1) is 19.8. The molecule has 2 heterocycles. The largest absolute Gasteiger partial charge is 0.497 e. The van der Waals surface area contributed by atoms with Gasteiger partial charge >= 0.3 is 0 Å². The van der Waals surface area contributed by atoms with Gasteiger partial charge in [-0.25, -0.2) is 8.42 Å². The van der Waals surface area contributed by atoms with Gasteiger partial charge in [-0.3, -0.25) is 4.79 Å². The van der Waals surface area contributed by atoms with E-state index in [0.29, 0.717) is 17.5 Å². The molecule has 1 aromatic carbocycles. The van der Waals surface area contributed by atoms with Crippen LogP contribution in [0.2, 0.25) is 0 Å². The average molecular weight is 420 g/mol. The Kier molecular flexibility index (Phi) is 5.04. The molecule has 0 unspecified atom stereocenters. The van der Waals surface area contributed by atoms with Crippen LogP contribution in [0, 0.1) is 6.92 Å². The summed E-state index contributed by atoms with van der Waals surface area (Å²) in [7, 11) is -0.844. The highest BCUT2D eigenvalue weighted by Gasteiger charge is 2.40. The van der Waals surface area contributed by atoms with Crippen molar-refractivity contribution >= 4 is 10.0 Å². The summed E-state index contributed by atoms with van der Waals surface area (Å²) in [6.45, 7) is 2.29. The molecule has 0 radical (unpaired) electrons. The van der Waals surface area contributed by atoms with Crippen molar-refractivity contribution in [1.82, 2.24) is 8.87 Å². The topological polar surface area (TPSA) is 87.1 Å². The van der Waals surface area contributed by atoms with E-state index in [2.05, 4.69) is 0 Å². The smallest absolute Gasteiger partial charge is 0.254 e. The second-order valence-corrected chi connectivity index (χ2v) is 9.26. The van der Waals surface area contributed by atoms with E-state index in [1.54, 1.807) is 16.7 Å². The van der Waals surface area contributed by atoms with Crippen molar-refractivity contribution in [2.45, 2.75) is 36.8 Å². The van der Waals surface area contributed by atoms with Gasteiger partial charge in [-0.1, -0.05) is 0 Å². The van der Waals surface area contributed by atoms with E-state index in [-0.39, 0.29) is 35.4 Å². The molecule has 1 aliphatic carbocycles. The SMILES string of the molecule is COc1ccc(OC)c(S(=O)(=O)N2CC(Oc3cc(C)n(C4CC4)c(=O)c3)C2)c1. The van der Waals surface area contributed by atoms with Crippen molar-refractivity contribution in [3.05, 3.63) is 46.4 Å². The van der Waals surface area contributed by atoms with Crippen LogP contribution in [-0.4, -0.2) is 50.7 Å². The van der Waals surface area contributed by atoms with E-state index in [9.17, 15) is 13.2 Å². The van der Waals surface area contributed by atoms with Crippen LogP contribution in [0.25, 0.3) is 0 Å². The molecule has 1 aromatic heterocycles. The van der Waals surface area contributed by atoms with Crippen molar-refractivity contribution < 1.29 is 22.6 Å². The summed E-state index contributed by atoms with van der Waals surface area (Å²) in [5.41, 5.74) is 0.785. The number of ether oxygens (including phenoxy) is 3. The van der Waals surface area contributed by atoms with Gasteiger partial charge in [-0.15, -0.1) is 0 Å². The summed E-state index contributed by atoms with van der Waals surface area (Å²) in [5, 5.41) is 0. The predicted octanol–water partition coefficient (Wildman–Crippen LogP) is 1.96. The van der Waals surface area contributed by atoms with Gasteiger partial charge in [0.05, 0.1) is 27.3 Å². The van der Waals surface area contributed by atoms with Gasteiger partial charge in [0.15, 0.2) is 0 Å². The van der Waals surface area contributed by atoms with Gasteiger partial charge in [0.2, 0.25) is 10.0 Å². The van der Waals surface area contributed by atoms with Crippen molar-refractivity contribution in [3.8, 4) is 17.2 Å². The zero-order valence-electron chi connectivity index (χ0n) is 16.6. The molecule has 29 heavy (non-hydrogen) atoms. The molecule has 0 N–H and O–H groups in total. The fraction of sp³-hybridized carbons (Fsp3) is 0.450.